The van der Waals surface area contributed by atoms with E-state index in [2.05, 4.69) is 0 Å². The van der Waals surface area contributed by atoms with E-state index in [0.717, 1.165) is 22.8 Å². The maximum absolute atomic E-state index is 5.74. The van der Waals surface area contributed by atoms with Crippen LogP contribution in [0.5, 0.6) is 0 Å². The van der Waals surface area contributed by atoms with Crippen molar-refractivity contribution < 1.29 is 0 Å². The second-order valence-electron chi connectivity index (χ2n) is 5.39. The molecule has 4 rings (SSSR count). The molecule has 0 unspecified atom stereocenters. The maximum Gasteiger partial charge on any atom is 0.207 e. The molecule has 0 bridgehead atoms. The Morgan fingerprint density at radius 1 is 0.625 bits per heavy atom. The minimum absolute atomic E-state index is 0.645. The van der Waals surface area contributed by atoms with Gasteiger partial charge in [0.2, 0.25) is 4.77 Å². The van der Waals surface area contributed by atoms with Crippen molar-refractivity contribution >= 4 is 12.2 Å². The SMILES string of the molecule is S=c1n(-c2ccccc2)nc(-c2ccccc2)n1-c1ccccc1. The van der Waals surface area contributed by atoms with Crippen LogP contribution < -0.4 is 0 Å². The Kier molecular flexibility index (Phi) is 3.81. The van der Waals surface area contributed by atoms with Crippen molar-refractivity contribution in [2.75, 3.05) is 0 Å². The van der Waals surface area contributed by atoms with Gasteiger partial charge in [0, 0.05) is 11.3 Å². The zero-order valence-corrected chi connectivity index (χ0v) is 13.7. The highest BCUT2D eigenvalue weighted by atomic mass is 32.1. The van der Waals surface area contributed by atoms with Gasteiger partial charge in [-0.15, -0.1) is 5.10 Å². The average molecular weight is 329 g/mol. The Labute approximate surface area is 145 Å². The summed E-state index contributed by atoms with van der Waals surface area (Å²) in [5.74, 6) is 0.829. The van der Waals surface area contributed by atoms with Crippen LogP contribution in [0.2, 0.25) is 0 Å². The van der Waals surface area contributed by atoms with Gasteiger partial charge >= 0.3 is 0 Å². The van der Waals surface area contributed by atoms with Crippen LogP contribution >= 0.6 is 12.2 Å². The lowest BCUT2D eigenvalue weighted by atomic mass is 10.2. The first-order valence-corrected chi connectivity index (χ1v) is 8.14. The molecule has 0 saturated heterocycles. The highest BCUT2D eigenvalue weighted by molar-refractivity contribution is 7.71. The van der Waals surface area contributed by atoms with Crippen molar-refractivity contribution in [2.24, 2.45) is 0 Å². The lowest BCUT2D eigenvalue weighted by Gasteiger charge is -2.06. The third-order valence-electron chi connectivity index (χ3n) is 3.83. The molecule has 0 saturated carbocycles. The highest BCUT2D eigenvalue weighted by Gasteiger charge is 2.14. The number of aromatic nitrogens is 3. The van der Waals surface area contributed by atoms with Crippen molar-refractivity contribution in [3.05, 3.63) is 95.8 Å². The Balaban J connectivity index is 2.01. The van der Waals surface area contributed by atoms with Crippen molar-refractivity contribution in [1.29, 1.82) is 0 Å². The van der Waals surface area contributed by atoms with E-state index in [1.165, 1.54) is 0 Å². The van der Waals surface area contributed by atoms with E-state index < -0.39 is 0 Å². The molecular formula is C20H15N3S. The minimum Gasteiger partial charge on any atom is -0.268 e. The number of rotatable bonds is 3. The second kappa shape index (κ2) is 6.26. The van der Waals surface area contributed by atoms with Crippen LogP contribution in [-0.4, -0.2) is 14.3 Å². The van der Waals surface area contributed by atoms with Gasteiger partial charge in [0.1, 0.15) is 0 Å². The lowest BCUT2D eigenvalue weighted by molar-refractivity contribution is 0.860. The van der Waals surface area contributed by atoms with Crippen molar-refractivity contribution in [3.8, 4) is 22.8 Å². The van der Waals surface area contributed by atoms with Crippen LogP contribution in [-0.2, 0) is 0 Å². The Morgan fingerprint density at radius 3 is 1.71 bits per heavy atom. The minimum atomic E-state index is 0.645. The summed E-state index contributed by atoms with van der Waals surface area (Å²) in [5, 5.41) is 4.80. The predicted octanol–water partition coefficient (Wildman–Crippen LogP) is 5.06. The average Bonchev–Trinajstić information content (AvgIpc) is 3.01. The first-order valence-electron chi connectivity index (χ1n) is 7.73. The van der Waals surface area contributed by atoms with Gasteiger partial charge in [-0.3, -0.25) is 4.57 Å². The second-order valence-corrected chi connectivity index (χ2v) is 5.76. The summed E-state index contributed by atoms with van der Waals surface area (Å²) in [4.78, 5) is 0. The third-order valence-corrected chi connectivity index (χ3v) is 4.18. The number of para-hydroxylation sites is 2. The van der Waals surface area contributed by atoms with Crippen LogP contribution in [0.4, 0.5) is 0 Å². The molecule has 0 fully saturated rings. The van der Waals surface area contributed by atoms with Gasteiger partial charge < -0.3 is 0 Å². The fourth-order valence-electron chi connectivity index (χ4n) is 2.69. The van der Waals surface area contributed by atoms with Gasteiger partial charge in [0.15, 0.2) is 5.82 Å². The largest absolute Gasteiger partial charge is 0.268 e. The molecule has 0 N–H and O–H groups in total. The zero-order chi connectivity index (χ0) is 16.4. The molecule has 0 aliphatic carbocycles. The number of hydrogen-bond acceptors (Lipinski definition) is 2. The molecule has 24 heavy (non-hydrogen) atoms. The van der Waals surface area contributed by atoms with E-state index in [1.807, 2.05) is 100 Å². The van der Waals surface area contributed by atoms with E-state index in [1.54, 1.807) is 0 Å². The molecule has 0 atom stereocenters. The Bertz CT molecular complexity index is 1000. The molecule has 0 amide bonds. The molecule has 4 heteroatoms. The van der Waals surface area contributed by atoms with E-state index in [4.69, 9.17) is 17.3 Å². The molecule has 4 aromatic rings. The summed E-state index contributed by atoms with van der Waals surface area (Å²) < 4.78 is 4.47. The summed E-state index contributed by atoms with van der Waals surface area (Å²) in [5.41, 5.74) is 2.99. The molecular weight excluding hydrogens is 314 g/mol. The van der Waals surface area contributed by atoms with Gasteiger partial charge in [-0.1, -0.05) is 66.7 Å². The monoisotopic (exact) mass is 329 g/mol. The maximum atomic E-state index is 5.74. The van der Waals surface area contributed by atoms with Crippen molar-refractivity contribution in [1.82, 2.24) is 14.3 Å². The molecule has 0 spiro atoms. The molecule has 0 aliphatic rings. The summed E-state index contributed by atoms with van der Waals surface area (Å²) >= 11 is 5.74. The Morgan fingerprint density at radius 2 is 1.12 bits per heavy atom. The normalized spacial score (nSPS) is 10.7. The van der Waals surface area contributed by atoms with E-state index in [-0.39, 0.29) is 0 Å². The zero-order valence-electron chi connectivity index (χ0n) is 12.9. The smallest absolute Gasteiger partial charge is 0.207 e. The topological polar surface area (TPSA) is 22.8 Å². The molecule has 0 radical (unpaired) electrons. The third kappa shape index (κ3) is 2.57. The summed E-state index contributed by atoms with van der Waals surface area (Å²) in [6.07, 6.45) is 0. The summed E-state index contributed by atoms with van der Waals surface area (Å²) in [7, 11) is 0. The van der Waals surface area contributed by atoms with Crippen molar-refractivity contribution in [2.45, 2.75) is 0 Å². The number of benzene rings is 3. The van der Waals surface area contributed by atoms with Crippen LogP contribution in [0.3, 0.4) is 0 Å². The number of nitrogens with zero attached hydrogens (tertiary/aromatic N) is 3. The first kappa shape index (κ1) is 14.6. The van der Waals surface area contributed by atoms with Gasteiger partial charge in [-0.25, -0.2) is 4.68 Å². The Hall–Kier alpha value is -2.98. The quantitative estimate of drug-likeness (QED) is 0.490. The molecule has 116 valence electrons. The fourth-order valence-corrected chi connectivity index (χ4v) is 3.03. The summed E-state index contributed by atoms with van der Waals surface area (Å²) in [6, 6.07) is 30.2. The summed E-state index contributed by atoms with van der Waals surface area (Å²) in [6.45, 7) is 0. The predicted molar refractivity (Wildman–Crippen MR) is 99.2 cm³/mol. The van der Waals surface area contributed by atoms with Gasteiger partial charge in [-0.2, -0.15) is 0 Å². The van der Waals surface area contributed by atoms with Crippen LogP contribution in [0, 0.1) is 4.77 Å². The fraction of sp³-hybridized carbons (Fsp3) is 0. The van der Waals surface area contributed by atoms with Gasteiger partial charge in [0.25, 0.3) is 0 Å². The van der Waals surface area contributed by atoms with E-state index >= 15 is 0 Å². The number of hydrogen-bond donors (Lipinski definition) is 0. The first-order chi connectivity index (χ1) is 11.8. The van der Waals surface area contributed by atoms with E-state index in [0.29, 0.717) is 4.77 Å². The van der Waals surface area contributed by atoms with Crippen molar-refractivity contribution in [3.63, 3.8) is 0 Å². The lowest BCUT2D eigenvalue weighted by Crippen LogP contribution is -1.99. The van der Waals surface area contributed by atoms with Crippen LogP contribution in [0.1, 0.15) is 0 Å². The highest BCUT2D eigenvalue weighted by Crippen LogP contribution is 2.24. The molecule has 3 aromatic carbocycles. The molecule has 1 heterocycles. The standard InChI is InChI=1S/C20H15N3S/c24-20-22(17-12-6-2-7-13-17)19(16-10-4-1-5-11-16)21-23(20)18-14-8-3-9-15-18/h1-15H. The van der Waals surface area contributed by atoms with Gasteiger partial charge in [-0.05, 0) is 36.5 Å². The van der Waals surface area contributed by atoms with Crippen LogP contribution in [0.25, 0.3) is 22.8 Å². The van der Waals surface area contributed by atoms with E-state index in [9.17, 15) is 0 Å². The molecule has 3 nitrogen and oxygen atoms in total. The molecule has 1 aromatic heterocycles. The van der Waals surface area contributed by atoms with Crippen LogP contribution in [0.15, 0.2) is 91.0 Å². The van der Waals surface area contributed by atoms with Gasteiger partial charge in [0.05, 0.1) is 5.69 Å². The molecule has 0 aliphatic heterocycles.